The van der Waals surface area contributed by atoms with Gasteiger partial charge in [-0.1, -0.05) is 60.7 Å². The van der Waals surface area contributed by atoms with Crippen molar-refractivity contribution in [1.29, 1.82) is 5.26 Å². The first-order valence-electron chi connectivity index (χ1n) is 9.55. The van der Waals surface area contributed by atoms with Gasteiger partial charge in [-0.15, -0.1) is 0 Å². The highest BCUT2D eigenvalue weighted by molar-refractivity contribution is 6.05. The molecular formula is C25H15F3N2O2. The normalized spacial score (nSPS) is 11.1. The van der Waals surface area contributed by atoms with E-state index in [1.54, 1.807) is 0 Å². The summed E-state index contributed by atoms with van der Waals surface area (Å²) in [6, 6.07) is 24.1. The van der Waals surface area contributed by atoms with Crippen LogP contribution in [0.4, 0.5) is 19.1 Å². The molecule has 0 saturated heterocycles. The van der Waals surface area contributed by atoms with E-state index in [-0.39, 0.29) is 17.0 Å². The summed E-state index contributed by atoms with van der Waals surface area (Å²) in [7, 11) is 0. The largest absolute Gasteiger partial charge is 0.438 e. The highest BCUT2D eigenvalue weighted by atomic mass is 19.4. The number of carbonyl (C=O) groups is 1. The number of amides is 1. The third-order valence-electron chi connectivity index (χ3n) is 4.82. The maximum absolute atomic E-state index is 12.8. The molecule has 32 heavy (non-hydrogen) atoms. The topological polar surface area (TPSA) is 66.0 Å². The van der Waals surface area contributed by atoms with Gasteiger partial charge >= 0.3 is 6.18 Å². The molecule has 0 aliphatic heterocycles. The molecule has 158 valence electrons. The van der Waals surface area contributed by atoms with Crippen molar-refractivity contribution in [2.45, 2.75) is 6.18 Å². The Labute approximate surface area is 181 Å². The molecule has 0 spiro atoms. The van der Waals surface area contributed by atoms with Gasteiger partial charge in [0.25, 0.3) is 5.91 Å². The summed E-state index contributed by atoms with van der Waals surface area (Å²) in [5.41, 5.74) is 1.21. The van der Waals surface area contributed by atoms with Crippen LogP contribution in [-0.4, -0.2) is 5.91 Å². The van der Waals surface area contributed by atoms with Crippen LogP contribution >= 0.6 is 0 Å². The van der Waals surface area contributed by atoms with Crippen LogP contribution in [0.5, 0.6) is 0 Å². The fourth-order valence-electron chi connectivity index (χ4n) is 3.28. The van der Waals surface area contributed by atoms with E-state index in [1.165, 1.54) is 0 Å². The first kappa shape index (κ1) is 20.9. The summed E-state index contributed by atoms with van der Waals surface area (Å²) in [6.07, 6.45) is -4.50. The molecule has 1 N–H and O–H groups in total. The molecule has 1 amide bonds. The summed E-state index contributed by atoms with van der Waals surface area (Å²) in [5, 5.41) is 12.4. The average molecular weight is 432 g/mol. The van der Waals surface area contributed by atoms with Gasteiger partial charge in [0, 0.05) is 16.7 Å². The van der Waals surface area contributed by atoms with Crippen molar-refractivity contribution in [3.8, 4) is 28.5 Å². The minimum Gasteiger partial charge on any atom is -0.438 e. The lowest BCUT2D eigenvalue weighted by Gasteiger charge is -2.07. The zero-order chi connectivity index (χ0) is 22.7. The number of furan rings is 1. The molecule has 0 atom stereocenters. The van der Waals surface area contributed by atoms with Gasteiger partial charge in [-0.05, 0) is 29.8 Å². The summed E-state index contributed by atoms with van der Waals surface area (Å²) >= 11 is 0. The number of hydrogen-bond acceptors (Lipinski definition) is 3. The zero-order valence-corrected chi connectivity index (χ0v) is 16.5. The Morgan fingerprint density at radius 3 is 1.94 bits per heavy atom. The third kappa shape index (κ3) is 4.12. The smallest absolute Gasteiger partial charge is 0.416 e. The molecule has 4 rings (SSSR count). The SMILES string of the molecule is N#Cc1c(NC(=O)c2ccc(C(F)(F)F)cc2)oc(-c2ccccc2)c1-c1ccccc1. The molecule has 0 aliphatic rings. The Hall–Kier alpha value is -4.31. The van der Waals surface area contributed by atoms with Crippen LogP contribution in [-0.2, 0) is 6.18 Å². The maximum Gasteiger partial charge on any atom is 0.416 e. The second-order valence-corrected chi connectivity index (χ2v) is 6.88. The number of nitrogens with one attached hydrogen (secondary N) is 1. The highest BCUT2D eigenvalue weighted by Gasteiger charge is 2.30. The van der Waals surface area contributed by atoms with Crippen LogP contribution in [0.25, 0.3) is 22.5 Å². The molecule has 0 radical (unpaired) electrons. The van der Waals surface area contributed by atoms with Gasteiger partial charge in [0.2, 0.25) is 5.88 Å². The zero-order valence-electron chi connectivity index (χ0n) is 16.5. The number of nitrogens with zero attached hydrogens (tertiary/aromatic N) is 1. The Morgan fingerprint density at radius 1 is 0.844 bits per heavy atom. The number of halogens is 3. The van der Waals surface area contributed by atoms with Crippen LogP contribution in [0.2, 0.25) is 0 Å². The van der Waals surface area contributed by atoms with Gasteiger partial charge in [0.1, 0.15) is 17.4 Å². The fraction of sp³-hybridized carbons (Fsp3) is 0.0400. The number of hydrogen-bond donors (Lipinski definition) is 1. The molecule has 4 aromatic rings. The van der Waals surface area contributed by atoms with Crippen LogP contribution in [0.15, 0.2) is 89.3 Å². The van der Waals surface area contributed by atoms with Crippen molar-refractivity contribution < 1.29 is 22.4 Å². The first-order valence-corrected chi connectivity index (χ1v) is 9.55. The van der Waals surface area contributed by atoms with Gasteiger partial charge in [0.15, 0.2) is 0 Å². The Bertz CT molecular complexity index is 1290. The van der Waals surface area contributed by atoms with E-state index >= 15 is 0 Å². The van der Waals surface area contributed by atoms with E-state index in [2.05, 4.69) is 11.4 Å². The van der Waals surface area contributed by atoms with Crippen LogP contribution in [0, 0.1) is 11.3 Å². The van der Waals surface area contributed by atoms with Gasteiger partial charge in [0.05, 0.1) is 5.56 Å². The fourth-order valence-corrected chi connectivity index (χ4v) is 3.28. The molecule has 1 heterocycles. The monoisotopic (exact) mass is 432 g/mol. The van der Waals surface area contributed by atoms with Gasteiger partial charge in [-0.2, -0.15) is 18.4 Å². The molecule has 4 nitrogen and oxygen atoms in total. The van der Waals surface area contributed by atoms with E-state index < -0.39 is 17.6 Å². The minimum atomic E-state index is -4.50. The predicted octanol–water partition coefficient (Wildman–Crippen LogP) is 6.76. The minimum absolute atomic E-state index is 0.000752. The molecule has 0 unspecified atom stereocenters. The quantitative estimate of drug-likeness (QED) is 0.388. The van der Waals surface area contributed by atoms with Crippen molar-refractivity contribution in [3.63, 3.8) is 0 Å². The molecule has 1 aromatic heterocycles. The molecule has 7 heteroatoms. The van der Waals surface area contributed by atoms with E-state index in [0.717, 1.165) is 29.8 Å². The number of rotatable bonds is 4. The number of anilines is 1. The third-order valence-corrected chi connectivity index (χ3v) is 4.82. The Kier molecular flexibility index (Phi) is 5.52. The summed E-state index contributed by atoms with van der Waals surface area (Å²) in [5.74, 6) is -0.366. The van der Waals surface area contributed by atoms with Crippen molar-refractivity contribution in [2.75, 3.05) is 5.32 Å². The van der Waals surface area contributed by atoms with Crippen LogP contribution < -0.4 is 5.32 Å². The lowest BCUT2D eigenvalue weighted by Crippen LogP contribution is -2.13. The van der Waals surface area contributed by atoms with Crippen molar-refractivity contribution in [2.24, 2.45) is 0 Å². The van der Waals surface area contributed by atoms with Crippen LogP contribution in [0.3, 0.4) is 0 Å². The summed E-state index contributed by atoms with van der Waals surface area (Å²) in [4.78, 5) is 12.7. The lowest BCUT2D eigenvalue weighted by molar-refractivity contribution is -0.137. The van der Waals surface area contributed by atoms with E-state index in [1.807, 2.05) is 60.7 Å². The lowest BCUT2D eigenvalue weighted by atomic mass is 9.98. The van der Waals surface area contributed by atoms with E-state index in [0.29, 0.717) is 16.9 Å². The molecule has 3 aromatic carbocycles. The number of benzene rings is 3. The maximum atomic E-state index is 12.8. The van der Waals surface area contributed by atoms with E-state index in [9.17, 15) is 23.2 Å². The second-order valence-electron chi connectivity index (χ2n) is 6.88. The average Bonchev–Trinajstić information content (AvgIpc) is 3.17. The predicted molar refractivity (Wildman–Crippen MR) is 114 cm³/mol. The van der Waals surface area contributed by atoms with Gasteiger partial charge < -0.3 is 4.42 Å². The standard InChI is InChI=1S/C25H15F3N2O2/c26-25(27,28)19-13-11-18(12-14-19)23(31)30-24-20(15-29)21(16-7-3-1-4-8-16)22(32-24)17-9-5-2-6-10-17/h1-14H,(H,30,31). The van der Waals surface area contributed by atoms with Crippen molar-refractivity contribution >= 4 is 11.8 Å². The second kappa shape index (κ2) is 8.44. The summed E-state index contributed by atoms with van der Waals surface area (Å²) < 4.78 is 44.3. The van der Waals surface area contributed by atoms with Crippen molar-refractivity contribution in [3.05, 3.63) is 102 Å². The molecule has 0 fully saturated rings. The number of carbonyl (C=O) groups excluding carboxylic acids is 1. The molecule has 0 bridgehead atoms. The van der Waals surface area contributed by atoms with Gasteiger partial charge in [-0.25, -0.2) is 0 Å². The van der Waals surface area contributed by atoms with E-state index in [4.69, 9.17) is 4.42 Å². The molecular weight excluding hydrogens is 417 g/mol. The number of nitriles is 1. The molecule has 0 aliphatic carbocycles. The van der Waals surface area contributed by atoms with Gasteiger partial charge in [-0.3, -0.25) is 10.1 Å². The Morgan fingerprint density at radius 2 is 1.41 bits per heavy atom. The Balaban J connectivity index is 1.76. The highest BCUT2D eigenvalue weighted by Crippen LogP contribution is 2.41. The van der Waals surface area contributed by atoms with Crippen LogP contribution in [0.1, 0.15) is 21.5 Å². The molecule has 0 saturated carbocycles. The number of alkyl halides is 3. The van der Waals surface area contributed by atoms with Crippen molar-refractivity contribution in [1.82, 2.24) is 0 Å². The summed E-state index contributed by atoms with van der Waals surface area (Å²) in [6.45, 7) is 0. The first-order chi connectivity index (χ1) is 15.4.